The van der Waals surface area contributed by atoms with Crippen LogP contribution in [0, 0.1) is 5.92 Å². The first-order chi connectivity index (χ1) is 7.20. The summed E-state index contributed by atoms with van der Waals surface area (Å²) in [6.07, 6.45) is 6.51. The van der Waals surface area contributed by atoms with Crippen molar-refractivity contribution in [1.29, 1.82) is 0 Å². The van der Waals surface area contributed by atoms with Crippen molar-refractivity contribution in [2.75, 3.05) is 18.1 Å². The molecule has 0 aromatic rings. The van der Waals surface area contributed by atoms with E-state index in [2.05, 4.69) is 12.2 Å². The van der Waals surface area contributed by atoms with Crippen LogP contribution in [0.4, 0.5) is 0 Å². The lowest BCUT2D eigenvalue weighted by atomic mass is 9.97. The second-order valence-corrected chi connectivity index (χ2v) is 6.35. The summed E-state index contributed by atoms with van der Waals surface area (Å²) in [7, 11) is 0. The number of rotatable bonds is 4. The molecule has 1 aliphatic heterocycles. The van der Waals surface area contributed by atoms with E-state index in [1.165, 1.54) is 25.7 Å². The molecule has 2 N–H and O–H groups in total. The maximum atomic E-state index is 10.2. The van der Waals surface area contributed by atoms with E-state index in [0.717, 1.165) is 30.4 Å². The van der Waals surface area contributed by atoms with Crippen LogP contribution in [0.2, 0.25) is 0 Å². The molecule has 2 atom stereocenters. The monoisotopic (exact) mass is 229 g/mol. The highest BCUT2D eigenvalue weighted by molar-refractivity contribution is 7.99. The molecule has 0 aromatic heterocycles. The highest BCUT2D eigenvalue weighted by atomic mass is 32.2. The Morgan fingerprint density at radius 1 is 1.47 bits per heavy atom. The summed E-state index contributed by atoms with van der Waals surface area (Å²) in [5.41, 5.74) is -0.419. The van der Waals surface area contributed by atoms with Gasteiger partial charge in [-0.05, 0) is 37.9 Å². The maximum absolute atomic E-state index is 10.2. The quantitative estimate of drug-likeness (QED) is 0.773. The van der Waals surface area contributed by atoms with E-state index >= 15 is 0 Å². The summed E-state index contributed by atoms with van der Waals surface area (Å²) in [4.78, 5) is 0. The first-order valence-electron chi connectivity index (χ1n) is 6.23. The molecule has 0 amide bonds. The predicted molar refractivity (Wildman–Crippen MR) is 66.3 cm³/mol. The minimum atomic E-state index is -0.419. The van der Waals surface area contributed by atoms with Crippen LogP contribution in [0.3, 0.4) is 0 Å². The van der Waals surface area contributed by atoms with Crippen molar-refractivity contribution in [3.63, 3.8) is 0 Å². The molecular formula is C12H23NOS. The average molecular weight is 229 g/mol. The number of aliphatic hydroxyl groups is 1. The molecule has 2 aliphatic rings. The smallest absolute Gasteiger partial charge is 0.0869 e. The zero-order valence-electron chi connectivity index (χ0n) is 9.67. The minimum absolute atomic E-state index is 0.419. The highest BCUT2D eigenvalue weighted by Crippen LogP contribution is 2.29. The van der Waals surface area contributed by atoms with Crippen LogP contribution in [0.25, 0.3) is 0 Å². The third-order valence-electron chi connectivity index (χ3n) is 3.94. The Bertz CT molecular complexity index is 198. The Morgan fingerprint density at radius 2 is 2.20 bits per heavy atom. The molecule has 0 aromatic carbocycles. The van der Waals surface area contributed by atoms with Gasteiger partial charge in [0.05, 0.1) is 5.60 Å². The topological polar surface area (TPSA) is 32.3 Å². The van der Waals surface area contributed by atoms with Gasteiger partial charge in [-0.2, -0.15) is 11.8 Å². The van der Waals surface area contributed by atoms with Crippen molar-refractivity contribution in [3.8, 4) is 0 Å². The van der Waals surface area contributed by atoms with E-state index in [4.69, 9.17) is 0 Å². The number of hydrogen-bond donors (Lipinski definition) is 2. The van der Waals surface area contributed by atoms with Crippen LogP contribution < -0.4 is 5.32 Å². The highest BCUT2D eigenvalue weighted by Gasteiger charge is 2.32. The lowest BCUT2D eigenvalue weighted by molar-refractivity contribution is 0.0628. The van der Waals surface area contributed by atoms with Crippen LogP contribution in [-0.4, -0.2) is 34.8 Å². The van der Waals surface area contributed by atoms with Crippen molar-refractivity contribution >= 4 is 11.8 Å². The van der Waals surface area contributed by atoms with Gasteiger partial charge in [0.15, 0.2) is 0 Å². The Balaban J connectivity index is 1.72. The third kappa shape index (κ3) is 3.11. The van der Waals surface area contributed by atoms with Gasteiger partial charge in [-0.3, -0.25) is 0 Å². The zero-order valence-corrected chi connectivity index (χ0v) is 10.5. The zero-order chi connectivity index (χ0) is 10.7. The van der Waals surface area contributed by atoms with E-state index in [-0.39, 0.29) is 0 Å². The molecule has 0 spiro atoms. The SMILES string of the molecule is CC(NCC1(O)CCSC1)C1CCCC1. The molecule has 0 radical (unpaired) electrons. The molecule has 2 rings (SSSR count). The van der Waals surface area contributed by atoms with Crippen molar-refractivity contribution < 1.29 is 5.11 Å². The lowest BCUT2D eigenvalue weighted by Gasteiger charge is -2.27. The average Bonchev–Trinajstić information content (AvgIpc) is 2.85. The Labute approximate surface area is 97.2 Å². The van der Waals surface area contributed by atoms with Crippen molar-refractivity contribution in [2.45, 2.75) is 50.7 Å². The first-order valence-corrected chi connectivity index (χ1v) is 7.39. The van der Waals surface area contributed by atoms with E-state index in [0.29, 0.717) is 6.04 Å². The van der Waals surface area contributed by atoms with Gasteiger partial charge in [-0.25, -0.2) is 0 Å². The fourth-order valence-electron chi connectivity index (χ4n) is 2.71. The summed E-state index contributed by atoms with van der Waals surface area (Å²) in [6, 6.07) is 0.585. The molecule has 2 nitrogen and oxygen atoms in total. The fraction of sp³-hybridized carbons (Fsp3) is 1.00. The number of hydrogen-bond acceptors (Lipinski definition) is 3. The summed E-state index contributed by atoms with van der Waals surface area (Å²) in [5.74, 6) is 2.88. The van der Waals surface area contributed by atoms with E-state index in [1.54, 1.807) is 0 Å². The van der Waals surface area contributed by atoms with E-state index < -0.39 is 5.60 Å². The van der Waals surface area contributed by atoms with Crippen molar-refractivity contribution in [1.82, 2.24) is 5.32 Å². The Hall–Kier alpha value is 0.270. The molecule has 3 heteroatoms. The van der Waals surface area contributed by atoms with Crippen LogP contribution >= 0.6 is 11.8 Å². The molecule has 2 fully saturated rings. The van der Waals surface area contributed by atoms with Crippen LogP contribution in [0.5, 0.6) is 0 Å². The van der Waals surface area contributed by atoms with Gasteiger partial charge < -0.3 is 10.4 Å². The second kappa shape index (κ2) is 5.07. The standard InChI is InChI=1S/C12H23NOS/c1-10(11-4-2-3-5-11)13-8-12(14)6-7-15-9-12/h10-11,13-14H,2-9H2,1H3. The van der Waals surface area contributed by atoms with Gasteiger partial charge in [-0.15, -0.1) is 0 Å². The third-order valence-corrected chi connectivity index (χ3v) is 5.18. The molecule has 2 unspecified atom stereocenters. The van der Waals surface area contributed by atoms with E-state index in [9.17, 15) is 5.11 Å². The van der Waals surface area contributed by atoms with Gasteiger partial charge in [0.2, 0.25) is 0 Å². The fourth-order valence-corrected chi connectivity index (χ4v) is 4.01. The summed E-state index contributed by atoms with van der Waals surface area (Å²) < 4.78 is 0. The van der Waals surface area contributed by atoms with Gasteiger partial charge in [0.25, 0.3) is 0 Å². The molecule has 1 aliphatic carbocycles. The van der Waals surface area contributed by atoms with E-state index in [1.807, 2.05) is 11.8 Å². The maximum Gasteiger partial charge on any atom is 0.0869 e. The van der Waals surface area contributed by atoms with Crippen molar-refractivity contribution in [2.24, 2.45) is 5.92 Å². The molecular weight excluding hydrogens is 206 g/mol. The van der Waals surface area contributed by atoms with Crippen LogP contribution in [-0.2, 0) is 0 Å². The first kappa shape index (κ1) is 11.7. The van der Waals surface area contributed by atoms with Gasteiger partial charge in [0.1, 0.15) is 0 Å². The number of nitrogens with one attached hydrogen (secondary N) is 1. The predicted octanol–water partition coefficient (Wildman–Crippen LogP) is 2.02. The summed E-state index contributed by atoms with van der Waals surface area (Å²) in [5, 5.41) is 13.7. The molecule has 1 saturated carbocycles. The minimum Gasteiger partial charge on any atom is -0.388 e. The number of thioether (sulfide) groups is 1. The Kier molecular flexibility index (Phi) is 3.97. The molecule has 88 valence electrons. The summed E-state index contributed by atoms with van der Waals surface area (Å²) in [6.45, 7) is 3.07. The normalized spacial score (nSPS) is 34.8. The summed E-state index contributed by atoms with van der Waals surface area (Å²) >= 11 is 1.87. The largest absolute Gasteiger partial charge is 0.388 e. The molecule has 15 heavy (non-hydrogen) atoms. The van der Waals surface area contributed by atoms with Crippen LogP contribution in [0.15, 0.2) is 0 Å². The Morgan fingerprint density at radius 3 is 2.80 bits per heavy atom. The molecule has 0 bridgehead atoms. The van der Waals surface area contributed by atoms with Gasteiger partial charge in [0, 0.05) is 18.3 Å². The second-order valence-electron chi connectivity index (χ2n) is 5.24. The van der Waals surface area contributed by atoms with Gasteiger partial charge in [-0.1, -0.05) is 12.8 Å². The van der Waals surface area contributed by atoms with Crippen LogP contribution in [0.1, 0.15) is 39.0 Å². The molecule has 1 heterocycles. The van der Waals surface area contributed by atoms with Crippen molar-refractivity contribution in [3.05, 3.63) is 0 Å². The lowest BCUT2D eigenvalue weighted by Crippen LogP contribution is -2.45. The molecule has 1 saturated heterocycles. The van der Waals surface area contributed by atoms with Gasteiger partial charge >= 0.3 is 0 Å².